The van der Waals surface area contributed by atoms with Gasteiger partial charge in [-0.25, -0.2) is 9.78 Å². The summed E-state index contributed by atoms with van der Waals surface area (Å²) < 4.78 is 1.75. The van der Waals surface area contributed by atoms with E-state index in [9.17, 15) is 9.90 Å². The summed E-state index contributed by atoms with van der Waals surface area (Å²) in [4.78, 5) is 15.6. The molecular weight excluding hydrogens is 204 g/mol. The zero-order valence-corrected chi connectivity index (χ0v) is 9.56. The molecule has 0 aliphatic carbocycles. The molecule has 1 aromatic heterocycles. The standard InChI is InChI=1S/C12H14N2O2/c1-8-13-9-6-4-5-7-10(9)14(8)12(2,3)11(15)16/h4-7H,1-3H3,(H,15,16). The van der Waals surface area contributed by atoms with Crippen LogP contribution in [0.4, 0.5) is 0 Å². The summed E-state index contributed by atoms with van der Waals surface area (Å²) in [6.07, 6.45) is 0. The molecule has 0 bridgehead atoms. The van der Waals surface area contributed by atoms with Gasteiger partial charge in [0.1, 0.15) is 11.4 Å². The number of aryl methyl sites for hydroxylation is 1. The van der Waals surface area contributed by atoms with Crippen molar-refractivity contribution in [2.45, 2.75) is 26.3 Å². The van der Waals surface area contributed by atoms with Gasteiger partial charge in [0.2, 0.25) is 0 Å². The van der Waals surface area contributed by atoms with Gasteiger partial charge in [-0.1, -0.05) is 12.1 Å². The zero-order chi connectivity index (χ0) is 11.9. The molecule has 0 unspecified atom stereocenters. The Morgan fingerprint density at radius 3 is 2.62 bits per heavy atom. The van der Waals surface area contributed by atoms with Crippen LogP contribution < -0.4 is 0 Å². The lowest BCUT2D eigenvalue weighted by Crippen LogP contribution is -2.36. The molecule has 2 rings (SSSR count). The number of aromatic nitrogens is 2. The fraction of sp³-hybridized carbons (Fsp3) is 0.333. The monoisotopic (exact) mass is 218 g/mol. The number of hydrogen-bond donors (Lipinski definition) is 1. The molecule has 0 radical (unpaired) electrons. The fourth-order valence-corrected chi connectivity index (χ4v) is 1.95. The Kier molecular flexibility index (Phi) is 2.22. The van der Waals surface area contributed by atoms with E-state index in [1.54, 1.807) is 18.4 Å². The van der Waals surface area contributed by atoms with Crippen LogP contribution in [0.1, 0.15) is 19.7 Å². The Morgan fingerprint density at radius 2 is 2.00 bits per heavy atom. The highest BCUT2D eigenvalue weighted by atomic mass is 16.4. The predicted molar refractivity (Wildman–Crippen MR) is 61.4 cm³/mol. The van der Waals surface area contributed by atoms with Crippen molar-refractivity contribution >= 4 is 17.0 Å². The Bertz CT molecular complexity index is 555. The summed E-state index contributed by atoms with van der Waals surface area (Å²) in [6.45, 7) is 5.18. The molecule has 0 fully saturated rings. The Labute approximate surface area is 93.5 Å². The van der Waals surface area contributed by atoms with Crippen LogP contribution >= 0.6 is 0 Å². The smallest absolute Gasteiger partial charge is 0.329 e. The molecule has 0 amide bonds. The highest BCUT2D eigenvalue weighted by Gasteiger charge is 2.32. The average Bonchev–Trinajstić information content (AvgIpc) is 2.53. The van der Waals surface area contributed by atoms with Crippen LogP contribution in [0.3, 0.4) is 0 Å². The third-order valence-electron chi connectivity index (χ3n) is 2.81. The molecule has 16 heavy (non-hydrogen) atoms. The van der Waals surface area contributed by atoms with Gasteiger partial charge in [0.25, 0.3) is 0 Å². The number of rotatable bonds is 2. The van der Waals surface area contributed by atoms with E-state index in [-0.39, 0.29) is 0 Å². The summed E-state index contributed by atoms with van der Waals surface area (Å²) in [5.74, 6) is -0.146. The van der Waals surface area contributed by atoms with E-state index >= 15 is 0 Å². The van der Waals surface area contributed by atoms with Gasteiger partial charge >= 0.3 is 5.97 Å². The molecular formula is C12H14N2O2. The normalized spacial score (nSPS) is 11.9. The Morgan fingerprint density at radius 1 is 1.38 bits per heavy atom. The van der Waals surface area contributed by atoms with E-state index in [0.717, 1.165) is 11.0 Å². The number of imidazole rings is 1. The third kappa shape index (κ3) is 1.38. The summed E-state index contributed by atoms with van der Waals surface area (Å²) in [6, 6.07) is 7.56. The van der Waals surface area contributed by atoms with Crippen LogP contribution in [0.25, 0.3) is 11.0 Å². The molecule has 2 aromatic rings. The van der Waals surface area contributed by atoms with Gasteiger partial charge in [0, 0.05) is 0 Å². The van der Waals surface area contributed by atoms with Crippen LogP contribution in [0.15, 0.2) is 24.3 Å². The maximum absolute atomic E-state index is 11.3. The van der Waals surface area contributed by atoms with Crippen molar-refractivity contribution in [2.75, 3.05) is 0 Å². The number of carboxylic acid groups (broad SMARTS) is 1. The fourth-order valence-electron chi connectivity index (χ4n) is 1.95. The lowest BCUT2D eigenvalue weighted by Gasteiger charge is -2.23. The van der Waals surface area contributed by atoms with Crippen molar-refractivity contribution in [1.29, 1.82) is 0 Å². The number of nitrogens with zero attached hydrogens (tertiary/aromatic N) is 2. The quantitative estimate of drug-likeness (QED) is 0.840. The minimum atomic E-state index is -0.986. The van der Waals surface area contributed by atoms with E-state index in [0.29, 0.717) is 5.82 Å². The van der Waals surface area contributed by atoms with Crippen molar-refractivity contribution in [1.82, 2.24) is 9.55 Å². The number of fused-ring (bicyclic) bond motifs is 1. The number of carbonyl (C=O) groups is 1. The molecule has 1 aromatic carbocycles. The van der Waals surface area contributed by atoms with Gasteiger partial charge in [0.15, 0.2) is 0 Å². The molecule has 4 heteroatoms. The van der Waals surface area contributed by atoms with E-state index < -0.39 is 11.5 Å². The van der Waals surface area contributed by atoms with E-state index in [2.05, 4.69) is 4.98 Å². The van der Waals surface area contributed by atoms with Crippen molar-refractivity contribution in [3.8, 4) is 0 Å². The second-order valence-corrected chi connectivity index (χ2v) is 4.35. The first-order chi connectivity index (χ1) is 7.44. The first-order valence-electron chi connectivity index (χ1n) is 5.12. The molecule has 0 atom stereocenters. The summed E-state index contributed by atoms with van der Waals surface area (Å²) in [5.41, 5.74) is 0.696. The number of benzene rings is 1. The van der Waals surface area contributed by atoms with Gasteiger partial charge in [-0.2, -0.15) is 0 Å². The number of carboxylic acids is 1. The van der Waals surface area contributed by atoms with Gasteiger partial charge in [-0.3, -0.25) is 0 Å². The van der Waals surface area contributed by atoms with Crippen molar-refractivity contribution in [3.05, 3.63) is 30.1 Å². The van der Waals surface area contributed by atoms with Crippen LogP contribution in [0.2, 0.25) is 0 Å². The molecule has 0 aliphatic heterocycles. The maximum Gasteiger partial charge on any atom is 0.329 e. The van der Waals surface area contributed by atoms with Crippen molar-refractivity contribution < 1.29 is 9.90 Å². The van der Waals surface area contributed by atoms with Gasteiger partial charge in [-0.15, -0.1) is 0 Å². The number of para-hydroxylation sites is 2. The van der Waals surface area contributed by atoms with Gasteiger partial charge in [0.05, 0.1) is 11.0 Å². The molecule has 0 saturated heterocycles. The van der Waals surface area contributed by atoms with Crippen LogP contribution in [0, 0.1) is 6.92 Å². The molecule has 4 nitrogen and oxygen atoms in total. The minimum absolute atomic E-state index is 0.716. The molecule has 0 saturated carbocycles. The van der Waals surface area contributed by atoms with E-state index in [1.807, 2.05) is 31.2 Å². The van der Waals surface area contributed by atoms with Crippen molar-refractivity contribution in [3.63, 3.8) is 0 Å². The largest absolute Gasteiger partial charge is 0.480 e. The summed E-state index contributed by atoms with van der Waals surface area (Å²) >= 11 is 0. The average molecular weight is 218 g/mol. The zero-order valence-electron chi connectivity index (χ0n) is 9.56. The van der Waals surface area contributed by atoms with E-state index in [4.69, 9.17) is 0 Å². The third-order valence-corrected chi connectivity index (χ3v) is 2.81. The van der Waals surface area contributed by atoms with Crippen molar-refractivity contribution in [2.24, 2.45) is 0 Å². The lowest BCUT2D eigenvalue weighted by molar-refractivity contribution is -0.145. The molecule has 1 N–H and O–H groups in total. The number of hydrogen-bond acceptors (Lipinski definition) is 2. The summed E-state index contributed by atoms with van der Waals surface area (Å²) in [7, 11) is 0. The van der Waals surface area contributed by atoms with Crippen LogP contribution in [0.5, 0.6) is 0 Å². The second kappa shape index (κ2) is 3.33. The SMILES string of the molecule is Cc1nc2ccccc2n1C(C)(C)C(=O)O. The second-order valence-electron chi connectivity index (χ2n) is 4.35. The summed E-state index contributed by atoms with van der Waals surface area (Å²) in [5, 5.41) is 9.25. The highest BCUT2D eigenvalue weighted by Crippen LogP contribution is 2.25. The Balaban J connectivity index is 2.78. The lowest BCUT2D eigenvalue weighted by atomic mass is 10.1. The first-order valence-corrected chi connectivity index (χ1v) is 5.12. The van der Waals surface area contributed by atoms with Crippen LogP contribution in [-0.4, -0.2) is 20.6 Å². The molecule has 0 aliphatic rings. The van der Waals surface area contributed by atoms with Crippen LogP contribution in [-0.2, 0) is 10.3 Å². The maximum atomic E-state index is 11.3. The highest BCUT2D eigenvalue weighted by molar-refractivity contribution is 5.82. The predicted octanol–water partition coefficient (Wildman–Crippen LogP) is 2.16. The minimum Gasteiger partial charge on any atom is -0.480 e. The number of aliphatic carboxylic acids is 1. The van der Waals surface area contributed by atoms with Gasteiger partial charge in [-0.05, 0) is 32.9 Å². The molecule has 1 heterocycles. The molecule has 0 spiro atoms. The first kappa shape index (κ1) is 10.7. The van der Waals surface area contributed by atoms with Gasteiger partial charge < -0.3 is 9.67 Å². The Hall–Kier alpha value is -1.84. The van der Waals surface area contributed by atoms with E-state index in [1.165, 1.54) is 0 Å². The molecule has 84 valence electrons. The topological polar surface area (TPSA) is 55.1 Å².